The van der Waals surface area contributed by atoms with Gasteiger partial charge in [-0.05, 0) is 31.9 Å². The minimum Gasteiger partial charge on any atom is -0.381 e. The lowest BCUT2D eigenvalue weighted by Gasteiger charge is -2.36. The Morgan fingerprint density at radius 2 is 1.90 bits per heavy atom. The number of hydrogen-bond acceptors (Lipinski definition) is 2. The smallest absolute Gasteiger partial charge is 0.125 e. The number of alkyl halides is 1. The van der Waals surface area contributed by atoms with Crippen molar-refractivity contribution < 1.29 is 4.74 Å². The lowest BCUT2D eigenvalue weighted by Crippen LogP contribution is -2.37. The normalized spacial score (nSPS) is 18.6. The second kappa shape index (κ2) is 5.38. The number of fused-ring (bicyclic) bond motifs is 1. The van der Waals surface area contributed by atoms with Crippen LogP contribution >= 0.6 is 34.8 Å². The molecule has 0 spiro atoms. The highest BCUT2D eigenvalue weighted by atomic mass is 35.5. The van der Waals surface area contributed by atoms with Gasteiger partial charge in [0.05, 0.1) is 27.0 Å². The van der Waals surface area contributed by atoms with Crippen LogP contribution in [0, 0.1) is 0 Å². The van der Waals surface area contributed by atoms with E-state index in [1.165, 1.54) is 0 Å². The zero-order chi connectivity index (χ0) is 14.3. The third kappa shape index (κ3) is 2.31. The van der Waals surface area contributed by atoms with E-state index in [1.54, 1.807) is 6.07 Å². The molecular formula is C14H15Cl3N2O. The summed E-state index contributed by atoms with van der Waals surface area (Å²) in [7, 11) is 0. The molecule has 2 heterocycles. The topological polar surface area (TPSA) is 27.1 Å². The van der Waals surface area contributed by atoms with Gasteiger partial charge in [0.25, 0.3) is 0 Å². The fraction of sp³-hybridized carbons (Fsp3) is 0.500. The summed E-state index contributed by atoms with van der Waals surface area (Å²) in [4.78, 5) is 4.60. The SMILES string of the molecule is CC1(n2c(CCl)nc3cc(Cl)c(Cl)cc32)CCOCC1. The molecule has 20 heavy (non-hydrogen) atoms. The fourth-order valence-corrected chi connectivity index (χ4v) is 3.34. The Morgan fingerprint density at radius 3 is 2.55 bits per heavy atom. The summed E-state index contributed by atoms with van der Waals surface area (Å²) in [5.74, 6) is 1.21. The molecule has 3 nitrogen and oxygen atoms in total. The number of imidazole rings is 1. The van der Waals surface area contributed by atoms with Crippen LogP contribution in [-0.2, 0) is 16.2 Å². The molecule has 2 aromatic rings. The van der Waals surface area contributed by atoms with Crippen LogP contribution in [0.2, 0.25) is 10.0 Å². The molecule has 1 fully saturated rings. The van der Waals surface area contributed by atoms with Crippen molar-refractivity contribution in [3.05, 3.63) is 28.0 Å². The van der Waals surface area contributed by atoms with E-state index >= 15 is 0 Å². The van der Waals surface area contributed by atoms with Crippen molar-refractivity contribution in [1.82, 2.24) is 9.55 Å². The predicted molar refractivity (Wildman–Crippen MR) is 83.0 cm³/mol. The van der Waals surface area contributed by atoms with E-state index in [0.717, 1.165) is 42.9 Å². The molecule has 1 aliphatic rings. The van der Waals surface area contributed by atoms with Crippen LogP contribution in [0.1, 0.15) is 25.6 Å². The first-order chi connectivity index (χ1) is 9.55. The Kier molecular flexibility index (Phi) is 3.89. The van der Waals surface area contributed by atoms with Gasteiger partial charge in [-0.3, -0.25) is 0 Å². The second-order valence-electron chi connectivity index (χ2n) is 5.36. The highest BCUT2D eigenvalue weighted by Gasteiger charge is 2.32. The maximum absolute atomic E-state index is 6.17. The number of ether oxygens (including phenoxy) is 1. The van der Waals surface area contributed by atoms with Gasteiger partial charge in [0.1, 0.15) is 5.82 Å². The zero-order valence-electron chi connectivity index (χ0n) is 11.1. The first-order valence-electron chi connectivity index (χ1n) is 6.56. The second-order valence-corrected chi connectivity index (χ2v) is 6.44. The largest absolute Gasteiger partial charge is 0.381 e. The van der Waals surface area contributed by atoms with Gasteiger partial charge < -0.3 is 9.30 Å². The zero-order valence-corrected chi connectivity index (χ0v) is 13.4. The highest BCUT2D eigenvalue weighted by Crippen LogP contribution is 2.36. The van der Waals surface area contributed by atoms with Crippen molar-refractivity contribution in [2.24, 2.45) is 0 Å². The van der Waals surface area contributed by atoms with E-state index in [4.69, 9.17) is 39.5 Å². The highest BCUT2D eigenvalue weighted by molar-refractivity contribution is 6.42. The quantitative estimate of drug-likeness (QED) is 0.751. The molecule has 3 rings (SSSR count). The molecule has 1 aromatic heterocycles. The molecule has 1 aliphatic heterocycles. The standard InChI is InChI=1S/C14H15Cl3N2O/c1-14(2-4-20-5-3-14)19-12-7-10(17)9(16)6-11(12)18-13(19)8-15/h6-7H,2-5,8H2,1H3. The van der Waals surface area contributed by atoms with Crippen LogP contribution in [0.25, 0.3) is 11.0 Å². The molecule has 1 aromatic carbocycles. The van der Waals surface area contributed by atoms with Crippen molar-refractivity contribution in [3.63, 3.8) is 0 Å². The number of halogens is 3. The van der Waals surface area contributed by atoms with Gasteiger partial charge in [-0.1, -0.05) is 23.2 Å². The first kappa shape index (κ1) is 14.5. The first-order valence-corrected chi connectivity index (χ1v) is 7.85. The maximum Gasteiger partial charge on any atom is 0.125 e. The molecule has 0 aliphatic carbocycles. The van der Waals surface area contributed by atoms with Crippen LogP contribution in [-0.4, -0.2) is 22.8 Å². The molecule has 0 unspecified atom stereocenters. The molecule has 0 amide bonds. The Labute approximate surface area is 132 Å². The average molecular weight is 334 g/mol. The molecule has 0 atom stereocenters. The number of aromatic nitrogens is 2. The lowest BCUT2D eigenvalue weighted by atomic mass is 9.91. The van der Waals surface area contributed by atoms with Crippen molar-refractivity contribution in [2.45, 2.75) is 31.2 Å². The number of hydrogen-bond donors (Lipinski definition) is 0. The van der Waals surface area contributed by atoms with Gasteiger partial charge >= 0.3 is 0 Å². The van der Waals surface area contributed by atoms with Gasteiger partial charge in [-0.15, -0.1) is 11.6 Å². The average Bonchev–Trinajstić information content (AvgIpc) is 2.78. The van der Waals surface area contributed by atoms with Crippen LogP contribution in [0.15, 0.2) is 12.1 Å². The van der Waals surface area contributed by atoms with Gasteiger partial charge in [-0.2, -0.15) is 0 Å². The van der Waals surface area contributed by atoms with E-state index < -0.39 is 0 Å². The van der Waals surface area contributed by atoms with Crippen molar-refractivity contribution in [1.29, 1.82) is 0 Å². The summed E-state index contributed by atoms with van der Waals surface area (Å²) in [6.45, 7) is 3.72. The third-order valence-electron chi connectivity index (χ3n) is 4.00. The monoisotopic (exact) mass is 332 g/mol. The summed E-state index contributed by atoms with van der Waals surface area (Å²) in [6, 6.07) is 3.68. The van der Waals surface area contributed by atoms with Crippen molar-refractivity contribution in [2.75, 3.05) is 13.2 Å². The van der Waals surface area contributed by atoms with Gasteiger partial charge in [-0.25, -0.2) is 4.98 Å². The van der Waals surface area contributed by atoms with Gasteiger partial charge in [0, 0.05) is 18.8 Å². The fourth-order valence-electron chi connectivity index (χ4n) is 2.85. The van der Waals surface area contributed by atoms with Gasteiger partial charge in [0.15, 0.2) is 0 Å². The maximum atomic E-state index is 6.17. The molecule has 1 saturated heterocycles. The molecule has 0 bridgehead atoms. The van der Waals surface area contributed by atoms with E-state index in [-0.39, 0.29) is 5.54 Å². The van der Waals surface area contributed by atoms with Crippen LogP contribution in [0.3, 0.4) is 0 Å². The summed E-state index contributed by atoms with van der Waals surface area (Å²) < 4.78 is 7.69. The minimum absolute atomic E-state index is 0.0472. The minimum atomic E-state index is -0.0472. The third-order valence-corrected chi connectivity index (χ3v) is 4.96. The molecule has 6 heteroatoms. The summed E-state index contributed by atoms with van der Waals surface area (Å²) in [6.07, 6.45) is 1.87. The predicted octanol–water partition coefficient (Wildman–Crippen LogP) is 4.61. The van der Waals surface area contributed by atoms with Crippen LogP contribution < -0.4 is 0 Å². The molecular weight excluding hydrogens is 319 g/mol. The Balaban J connectivity index is 2.24. The van der Waals surface area contributed by atoms with Crippen molar-refractivity contribution >= 4 is 45.8 Å². The Hall–Kier alpha value is -0.480. The Bertz CT molecular complexity index is 647. The summed E-state index contributed by atoms with van der Waals surface area (Å²) >= 11 is 18.3. The summed E-state index contributed by atoms with van der Waals surface area (Å²) in [5, 5.41) is 1.05. The Morgan fingerprint density at radius 1 is 1.25 bits per heavy atom. The number of rotatable bonds is 2. The number of nitrogens with zero attached hydrogens (tertiary/aromatic N) is 2. The molecule has 0 saturated carbocycles. The van der Waals surface area contributed by atoms with E-state index in [0.29, 0.717) is 15.9 Å². The van der Waals surface area contributed by atoms with Crippen molar-refractivity contribution in [3.8, 4) is 0 Å². The van der Waals surface area contributed by atoms with E-state index in [2.05, 4.69) is 16.5 Å². The van der Waals surface area contributed by atoms with E-state index in [1.807, 2.05) is 6.07 Å². The lowest BCUT2D eigenvalue weighted by molar-refractivity contribution is 0.0303. The number of benzene rings is 1. The van der Waals surface area contributed by atoms with Crippen LogP contribution in [0.5, 0.6) is 0 Å². The van der Waals surface area contributed by atoms with Gasteiger partial charge in [0.2, 0.25) is 0 Å². The molecule has 0 N–H and O–H groups in total. The van der Waals surface area contributed by atoms with E-state index in [9.17, 15) is 0 Å². The molecule has 108 valence electrons. The summed E-state index contributed by atoms with van der Waals surface area (Å²) in [5.41, 5.74) is 1.77. The van der Waals surface area contributed by atoms with Crippen LogP contribution in [0.4, 0.5) is 0 Å². The molecule has 0 radical (unpaired) electrons.